The molecule has 38 heavy (non-hydrogen) atoms. The van der Waals surface area contributed by atoms with Crippen molar-refractivity contribution in [1.82, 2.24) is 4.90 Å². The number of nitrogens with zero attached hydrogens (tertiary/aromatic N) is 3. The van der Waals surface area contributed by atoms with Gasteiger partial charge in [0.1, 0.15) is 0 Å². The van der Waals surface area contributed by atoms with Crippen molar-refractivity contribution in [3.63, 3.8) is 0 Å². The monoisotopic (exact) mass is 543 g/mol. The molecule has 1 aromatic rings. The third-order valence-corrected chi connectivity index (χ3v) is 11.5. The average molecular weight is 544 g/mol. The Morgan fingerprint density at radius 2 is 2.00 bits per heavy atom. The van der Waals surface area contributed by atoms with E-state index in [0.717, 1.165) is 69.1 Å². The lowest BCUT2D eigenvalue weighted by atomic mass is 9.75. The Kier molecular flexibility index (Phi) is 9.10. The number of allylic oxidation sites excluding steroid dienone is 1. The van der Waals surface area contributed by atoms with Gasteiger partial charge in [-0.05, 0) is 99.6 Å². The van der Waals surface area contributed by atoms with Gasteiger partial charge in [-0.15, -0.1) is 11.3 Å². The quantitative estimate of drug-likeness (QED) is 0.312. The van der Waals surface area contributed by atoms with Gasteiger partial charge >= 0.3 is 0 Å². The third-order valence-electron chi connectivity index (χ3n) is 10.2. The van der Waals surface area contributed by atoms with Crippen LogP contribution in [-0.2, 0) is 17.6 Å². The summed E-state index contributed by atoms with van der Waals surface area (Å²) in [4.78, 5) is 5.42. The minimum Gasteiger partial charge on any atom is -0.396 e. The number of aryl methyl sites for hydroxylation is 1. The van der Waals surface area contributed by atoms with Crippen LogP contribution in [0.25, 0.3) is 0 Å². The van der Waals surface area contributed by atoms with Gasteiger partial charge in [-0.2, -0.15) is 10.2 Å². The highest BCUT2D eigenvalue weighted by Gasteiger charge is 2.61. The van der Waals surface area contributed by atoms with Crippen LogP contribution in [0.4, 0.5) is 0 Å². The van der Waals surface area contributed by atoms with Gasteiger partial charge in [-0.25, -0.2) is 0 Å². The van der Waals surface area contributed by atoms with Crippen molar-refractivity contribution in [2.45, 2.75) is 102 Å². The smallest absolute Gasteiger partial charge is 0.0747 e. The van der Waals surface area contributed by atoms with Crippen LogP contribution in [0.15, 0.2) is 28.1 Å². The minimum atomic E-state index is -0.488. The molecule has 0 bridgehead atoms. The maximum atomic E-state index is 11.3. The van der Waals surface area contributed by atoms with Gasteiger partial charge in [-0.3, -0.25) is 4.90 Å². The van der Waals surface area contributed by atoms with Crippen molar-refractivity contribution >= 4 is 11.3 Å². The first-order chi connectivity index (χ1) is 18.4. The van der Waals surface area contributed by atoms with Gasteiger partial charge in [0, 0.05) is 68.5 Å². The molecule has 4 atom stereocenters. The van der Waals surface area contributed by atoms with Crippen LogP contribution in [-0.4, -0.2) is 66.7 Å². The van der Waals surface area contributed by atoms with E-state index in [0.29, 0.717) is 25.2 Å². The Hall–Kier alpha value is -1.12. The molecule has 5 rings (SSSR count). The second-order valence-electron chi connectivity index (χ2n) is 12.6. The molecule has 0 radical (unpaired) electrons. The van der Waals surface area contributed by atoms with E-state index in [9.17, 15) is 10.2 Å². The first-order valence-electron chi connectivity index (χ1n) is 15.2. The van der Waals surface area contributed by atoms with Crippen LogP contribution < -0.4 is 0 Å². The van der Waals surface area contributed by atoms with Crippen molar-refractivity contribution in [3.05, 3.63) is 33.2 Å². The molecular weight excluding hydrogens is 494 g/mol. The number of rotatable bonds is 12. The zero-order valence-electron chi connectivity index (χ0n) is 23.8. The lowest BCUT2D eigenvalue weighted by Gasteiger charge is -2.40. The lowest BCUT2D eigenvalue weighted by Crippen LogP contribution is -2.45. The Morgan fingerprint density at radius 1 is 1.21 bits per heavy atom. The molecule has 4 aliphatic rings. The van der Waals surface area contributed by atoms with E-state index >= 15 is 0 Å². The summed E-state index contributed by atoms with van der Waals surface area (Å²) in [6.45, 7) is 8.20. The van der Waals surface area contributed by atoms with E-state index in [1.165, 1.54) is 47.4 Å². The fourth-order valence-electron chi connectivity index (χ4n) is 7.42. The first kappa shape index (κ1) is 28.4. The zero-order chi connectivity index (χ0) is 26.8. The molecule has 7 heteroatoms. The maximum absolute atomic E-state index is 11.3. The molecule has 2 saturated carbocycles. The molecule has 212 valence electrons. The number of piperidine rings is 1. The molecule has 1 aromatic heterocycles. The zero-order valence-corrected chi connectivity index (χ0v) is 24.6. The second-order valence-corrected chi connectivity index (χ2v) is 13.8. The molecule has 4 fully saturated rings. The Balaban J connectivity index is 1.13. The Labute approximate surface area is 233 Å². The van der Waals surface area contributed by atoms with Crippen LogP contribution in [0.1, 0.15) is 92.9 Å². The van der Waals surface area contributed by atoms with E-state index in [2.05, 4.69) is 41.1 Å². The maximum Gasteiger partial charge on any atom is 0.0747 e. The topological polar surface area (TPSA) is 77.7 Å². The van der Waals surface area contributed by atoms with Gasteiger partial charge < -0.3 is 14.9 Å². The van der Waals surface area contributed by atoms with Crippen LogP contribution in [0.2, 0.25) is 0 Å². The highest BCUT2D eigenvalue weighted by atomic mass is 32.1. The lowest BCUT2D eigenvalue weighted by molar-refractivity contribution is -0.113. The number of hydrogen-bond donors (Lipinski definition) is 2. The van der Waals surface area contributed by atoms with Gasteiger partial charge in [0.15, 0.2) is 0 Å². The van der Waals surface area contributed by atoms with Crippen LogP contribution in [0.3, 0.4) is 0 Å². The number of thiophene rings is 1. The summed E-state index contributed by atoms with van der Waals surface area (Å²) in [5, 5.41) is 29.6. The van der Waals surface area contributed by atoms with E-state index in [4.69, 9.17) is 4.74 Å². The largest absolute Gasteiger partial charge is 0.396 e. The summed E-state index contributed by atoms with van der Waals surface area (Å²) in [5.74, 6) is 2.08. The number of ether oxygens (including phenoxy) is 1. The predicted molar refractivity (Wildman–Crippen MR) is 154 cm³/mol. The number of aliphatic hydroxyl groups is 2. The van der Waals surface area contributed by atoms with Crippen molar-refractivity contribution in [2.75, 3.05) is 40.0 Å². The fourth-order valence-corrected chi connectivity index (χ4v) is 8.60. The summed E-state index contributed by atoms with van der Waals surface area (Å²) < 4.78 is 5.54. The number of likely N-dealkylation sites (tertiary alicyclic amines) is 1. The van der Waals surface area contributed by atoms with Crippen LogP contribution >= 0.6 is 11.3 Å². The molecule has 2 aliphatic carbocycles. The Bertz CT molecular complexity index is 994. The summed E-state index contributed by atoms with van der Waals surface area (Å²) in [6, 6.07) is 2.91. The predicted octanol–water partition coefficient (Wildman–Crippen LogP) is 6.12. The van der Waals surface area contributed by atoms with Crippen LogP contribution in [0, 0.1) is 17.3 Å². The highest BCUT2D eigenvalue weighted by Crippen LogP contribution is 2.64. The molecule has 2 saturated heterocycles. The average Bonchev–Trinajstić information content (AvgIpc) is 3.83. The van der Waals surface area contributed by atoms with Crippen molar-refractivity contribution < 1.29 is 14.9 Å². The minimum absolute atomic E-state index is 0.170. The first-order valence-corrected chi connectivity index (χ1v) is 16.0. The molecule has 0 amide bonds. The van der Waals surface area contributed by atoms with Crippen molar-refractivity contribution in [3.8, 4) is 0 Å². The number of azo groups is 1. The second kappa shape index (κ2) is 12.2. The van der Waals surface area contributed by atoms with E-state index < -0.39 is 5.60 Å². The van der Waals surface area contributed by atoms with Gasteiger partial charge in [0.05, 0.1) is 11.3 Å². The summed E-state index contributed by atoms with van der Waals surface area (Å²) in [7, 11) is 1.78. The van der Waals surface area contributed by atoms with Gasteiger partial charge in [-0.1, -0.05) is 13.0 Å². The van der Waals surface area contributed by atoms with Crippen molar-refractivity contribution in [1.29, 1.82) is 0 Å². The number of aliphatic hydroxyl groups excluding tert-OH is 1. The third kappa shape index (κ3) is 6.27. The normalized spacial score (nSPS) is 31.1. The standard InChI is InChI=1S/C31H49N3O3S/c1-4-27-19-28(29(38-27)8-14-35)24-7-13-34(22(2)17-24)21-26(33-32-3)6-5-23-18-25(23)20-30(9-10-30)31(36)11-15-37-16-12-31/h6,19,22-25,35-36H,4-5,7-18,20-21H2,1-3H3/b26-6-,33-32?/t22-,23?,24?,25?/m0/s1. The van der Waals surface area contributed by atoms with E-state index in [1.807, 2.05) is 11.3 Å². The highest BCUT2D eigenvalue weighted by molar-refractivity contribution is 7.12. The molecule has 6 nitrogen and oxygen atoms in total. The SMILES string of the molecule is CCc1cc(C2CCN(C/C(=C/CC3CC3CC3(C4(O)CCOCC4)CC3)N=NC)[C@@H](C)C2)c(CCO)s1. The molecule has 2 N–H and O–H groups in total. The molecule has 3 unspecified atom stereocenters. The van der Waals surface area contributed by atoms with E-state index in [-0.39, 0.29) is 12.0 Å². The fraction of sp³-hybridized carbons (Fsp3) is 0.806. The summed E-state index contributed by atoms with van der Waals surface area (Å²) >= 11 is 1.90. The van der Waals surface area contributed by atoms with Gasteiger partial charge in [0.2, 0.25) is 0 Å². The van der Waals surface area contributed by atoms with E-state index in [1.54, 1.807) is 7.05 Å². The summed E-state index contributed by atoms with van der Waals surface area (Å²) in [6.07, 6.45) is 14.1. The molecule has 3 heterocycles. The molecule has 0 aromatic carbocycles. The molecular formula is C31H49N3O3S. The summed E-state index contributed by atoms with van der Waals surface area (Å²) in [5.41, 5.74) is 2.29. The van der Waals surface area contributed by atoms with Crippen LogP contribution in [0.5, 0.6) is 0 Å². The van der Waals surface area contributed by atoms with Crippen molar-refractivity contribution in [2.24, 2.45) is 27.5 Å². The van der Waals surface area contributed by atoms with Gasteiger partial charge in [0.25, 0.3) is 0 Å². The Morgan fingerprint density at radius 3 is 2.66 bits per heavy atom. The molecule has 0 spiro atoms. The number of hydrogen-bond acceptors (Lipinski definition) is 7. The molecule has 2 aliphatic heterocycles.